The van der Waals surface area contributed by atoms with Crippen molar-refractivity contribution in [1.82, 2.24) is 9.97 Å². The van der Waals surface area contributed by atoms with Gasteiger partial charge in [-0.15, -0.1) is 0 Å². The molecule has 1 unspecified atom stereocenters. The van der Waals surface area contributed by atoms with Crippen LogP contribution in [0.5, 0.6) is 5.88 Å². The molecule has 18 heavy (non-hydrogen) atoms. The minimum Gasteiger partial charge on any atom is -0.480 e. The molecule has 0 aliphatic rings. The van der Waals surface area contributed by atoms with Crippen LogP contribution in [-0.2, 0) is 0 Å². The van der Waals surface area contributed by atoms with Crippen molar-refractivity contribution in [3.63, 3.8) is 0 Å². The molecule has 0 fully saturated rings. The Balaban J connectivity index is 2.44. The second-order valence-electron chi connectivity index (χ2n) is 3.93. The predicted molar refractivity (Wildman–Crippen MR) is 70.8 cm³/mol. The highest BCUT2D eigenvalue weighted by Gasteiger charge is 2.18. The van der Waals surface area contributed by atoms with Crippen LogP contribution in [0.2, 0.25) is 5.02 Å². The lowest BCUT2D eigenvalue weighted by molar-refractivity contribution is 0.387. The van der Waals surface area contributed by atoms with E-state index in [1.54, 1.807) is 19.5 Å². The van der Waals surface area contributed by atoms with Gasteiger partial charge in [-0.3, -0.25) is 4.98 Å². The van der Waals surface area contributed by atoms with E-state index < -0.39 is 0 Å². The summed E-state index contributed by atoms with van der Waals surface area (Å²) >= 11 is 5.93. The third-order valence-corrected chi connectivity index (χ3v) is 2.98. The predicted octanol–water partition coefficient (Wildman–Crippen LogP) is 2.50. The van der Waals surface area contributed by atoms with Gasteiger partial charge in [0.25, 0.3) is 0 Å². The number of nitrogens with zero attached hydrogens (tertiary/aromatic N) is 2. The van der Waals surface area contributed by atoms with Gasteiger partial charge in [-0.25, -0.2) is 4.98 Å². The number of aryl methyl sites for hydroxylation is 1. The molecule has 2 aromatic rings. The summed E-state index contributed by atoms with van der Waals surface area (Å²) in [6.07, 6.45) is 3.17. The number of methoxy groups -OCH3 is 1. The molecule has 94 valence electrons. The summed E-state index contributed by atoms with van der Waals surface area (Å²) in [5, 5.41) is 0.689. The number of nitrogens with two attached hydrogens (primary N) is 1. The summed E-state index contributed by atoms with van der Waals surface area (Å²) in [6, 6.07) is 5.20. The fourth-order valence-electron chi connectivity index (χ4n) is 1.84. The van der Waals surface area contributed by atoms with Gasteiger partial charge >= 0.3 is 0 Å². The summed E-state index contributed by atoms with van der Waals surface area (Å²) in [7, 11) is 1.55. The van der Waals surface area contributed by atoms with Gasteiger partial charge in [-0.05, 0) is 30.2 Å². The lowest BCUT2D eigenvalue weighted by atomic mass is 9.99. The number of hydrogen-bond acceptors (Lipinski definition) is 4. The highest BCUT2D eigenvalue weighted by Crippen LogP contribution is 2.27. The topological polar surface area (TPSA) is 61.0 Å². The fourth-order valence-corrected chi connectivity index (χ4v) is 2.07. The number of halogens is 1. The number of hydrogen-bond donors (Lipinski definition) is 1. The van der Waals surface area contributed by atoms with Crippen molar-refractivity contribution in [2.24, 2.45) is 5.73 Å². The van der Waals surface area contributed by atoms with Crippen LogP contribution in [0.15, 0.2) is 30.6 Å². The van der Waals surface area contributed by atoms with Gasteiger partial charge in [0.2, 0.25) is 5.88 Å². The van der Waals surface area contributed by atoms with Crippen LogP contribution < -0.4 is 10.5 Å². The maximum atomic E-state index is 6.22. The van der Waals surface area contributed by atoms with Gasteiger partial charge in [0.15, 0.2) is 0 Å². The van der Waals surface area contributed by atoms with Crippen molar-refractivity contribution >= 4 is 11.6 Å². The molecule has 5 heteroatoms. The Kier molecular flexibility index (Phi) is 3.79. The lowest BCUT2D eigenvalue weighted by Gasteiger charge is -2.16. The minimum absolute atomic E-state index is 0.383. The molecule has 0 bridgehead atoms. The van der Waals surface area contributed by atoms with E-state index in [0.29, 0.717) is 16.6 Å². The van der Waals surface area contributed by atoms with Crippen molar-refractivity contribution in [2.75, 3.05) is 7.11 Å². The summed E-state index contributed by atoms with van der Waals surface area (Å²) in [5.74, 6) is 0.444. The Morgan fingerprint density at radius 1 is 1.28 bits per heavy atom. The zero-order valence-corrected chi connectivity index (χ0v) is 11.0. The van der Waals surface area contributed by atoms with Crippen LogP contribution in [-0.4, -0.2) is 17.1 Å². The molecule has 1 atom stereocenters. The molecule has 1 heterocycles. The van der Waals surface area contributed by atoms with E-state index in [1.807, 2.05) is 25.1 Å². The Labute approximate surface area is 111 Å². The molecule has 0 radical (unpaired) electrons. The summed E-state index contributed by atoms with van der Waals surface area (Å²) < 4.78 is 5.17. The third kappa shape index (κ3) is 2.44. The molecule has 0 amide bonds. The quantitative estimate of drug-likeness (QED) is 0.924. The normalized spacial score (nSPS) is 12.2. The van der Waals surface area contributed by atoms with Gasteiger partial charge in [0.1, 0.15) is 5.69 Å². The standard InChI is InChI=1S/C13H14ClN3O/c1-8-7-9(14)3-4-10(8)11(15)12-13(18-2)17-6-5-16-12/h3-7,11H,15H2,1-2H3. The Hall–Kier alpha value is -1.65. The number of rotatable bonds is 3. The molecule has 1 aromatic carbocycles. The third-order valence-electron chi connectivity index (χ3n) is 2.75. The molecule has 4 nitrogen and oxygen atoms in total. The summed E-state index contributed by atoms with van der Waals surface area (Å²) in [5.41, 5.74) is 8.81. The molecule has 0 spiro atoms. The maximum Gasteiger partial charge on any atom is 0.237 e. The van der Waals surface area contributed by atoms with Crippen LogP contribution in [0.4, 0.5) is 0 Å². The number of benzene rings is 1. The number of aromatic nitrogens is 2. The Bertz CT molecular complexity index is 560. The van der Waals surface area contributed by atoms with Crippen molar-refractivity contribution in [1.29, 1.82) is 0 Å². The first-order valence-corrected chi connectivity index (χ1v) is 5.87. The van der Waals surface area contributed by atoms with Gasteiger partial charge in [-0.1, -0.05) is 17.7 Å². The van der Waals surface area contributed by atoms with Gasteiger partial charge in [-0.2, -0.15) is 0 Å². The van der Waals surface area contributed by atoms with E-state index in [4.69, 9.17) is 22.1 Å². The number of ether oxygens (including phenoxy) is 1. The Morgan fingerprint density at radius 3 is 2.67 bits per heavy atom. The molecule has 1 aromatic heterocycles. The highest BCUT2D eigenvalue weighted by atomic mass is 35.5. The highest BCUT2D eigenvalue weighted by molar-refractivity contribution is 6.30. The fraction of sp³-hybridized carbons (Fsp3) is 0.231. The first-order chi connectivity index (χ1) is 8.63. The zero-order chi connectivity index (χ0) is 13.1. The SMILES string of the molecule is COc1nccnc1C(N)c1ccc(Cl)cc1C. The molecule has 0 aliphatic carbocycles. The molecule has 0 saturated carbocycles. The first-order valence-electron chi connectivity index (χ1n) is 5.50. The van der Waals surface area contributed by atoms with E-state index in [9.17, 15) is 0 Å². The summed E-state index contributed by atoms with van der Waals surface area (Å²) in [4.78, 5) is 8.34. The monoisotopic (exact) mass is 263 g/mol. The zero-order valence-electron chi connectivity index (χ0n) is 10.2. The first kappa shape index (κ1) is 12.8. The van der Waals surface area contributed by atoms with Crippen molar-refractivity contribution in [3.8, 4) is 5.88 Å². The van der Waals surface area contributed by atoms with Crippen LogP contribution in [0.25, 0.3) is 0 Å². The molecule has 0 aliphatic heterocycles. The minimum atomic E-state index is -0.383. The molecular formula is C13H14ClN3O. The van der Waals surface area contributed by atoms with Crippen LogP contribution in [0, 0.1) is 6.92 Å². The molecule has 2 N–H and O–H groups in total. The van der Waals surface area contributed by atoms with Crippen LogP contribution >= 0.6 is 11.6 Å². The van der Waals surface area contributed by atoms with Crippen LogP contribution in [0.3, 0.4) is 0 Å². The van der Waals surface area contributed by atoms with E-state index in [2.05, 4.69) is 9.97 Å². The van der Waals surface area contributed by atoms with Gasteiger partial charge in [0.05, 0.1) is 13.2 Å². The van der Waals surface area contributed by atoms with E-state index in [-0.39, 0.29) is 6.04 Å². The average Bonchev–Trinajstić information content (AvgIpc) is 2.38. The van der Waals surface area contributed by atoms with Crippen LogP contribution in [0.1, 0.15) is 22.9 Å². The molecule has 2 rings (SSSR count). The second kappa shape index (κ2) is 5.33. The van der Waals surface area contributed by atoms with Crippen molar-refractivity contribution in [2.45, 2.75) is 13.0 Å². The maximum absolute atomic E-state index is 6.22. The largest absolute Gasteiger partial charge is 0.480 e. The second-order valence-corrected chi connectivity index (χ2v) is 4.37. The Morgan fingerprint density at radius 2 is 2.00 bits per heavy atom. The van der Waals surface area contributed by atoms with E-state index in [0.717, 1.165) is 11.1 Å². The van der Waals surface area contributed by atoms with Crippen molar-refractivity contribution in [3.05, 3.63) is 52.4 Å². The smallest absolute Gasteiger partial charge is 0.237 e. The van der Waals surface area contributed by atoms with E-state index >= 15 is 0 Å². The van der Waals surface area contributed by atoms with Crippen molar-refractivity contribution < 1.29 is 4.74 Å². The molecule has 0 saturated heterocycles. The van der Waals surface area contributed by atoms with Gasteiger partial charge < -0.3 is 10.5 Å². The van der Waals surface area contributed by atoms with Gasteiger partial charge in [0, 0.05) is 17.4 Å². The average molecular weight is 264 g/mol. The summed E-state index contributed by atoms with van der Waals surface area (Å²) in [6.45, 7) is 1.96. The molecular weight excluding hydrogens is 250 g/mol. The van der Waals surface area contributed by atoms with E-state index in [1.165, 1.54) is 0 Å². The lowest BCUT2D eigenvalue weighted by Crippen LogP contribution is -2.16.